The number of amides is 1. The molecule has 2 aromatic heterocycles. The molecule has 0 N–H and O–H groups in total. The Labute approximate surface area is 157 Å². The fourth-order valence-corrected chi connectivity index (χ4v) is 5.39. The summed E-state index contributed by atoms with van der Waals surface area (Å²) < 4.78 is 2.03. The molecule has 0 bridgehead atoms. The van der Waals surface area contributed by atoms with Gasteiger partial charge in [0.25, 0.3) is 0 Å². The summed E-state index contributed by atoms with van der Waals surface area (Å²) in [5.41, 5.74) is 2.17. The summed E-state index contributed by atoms with van der Waals surface area (Å²) in [6, 6.07) is 0.411. The van der Waals surface area contributed by atoms with Gasteiger partial charge < -0.3 is 4.90 Å². The SMILES string of the molecule is O=C1CCCN1c1cnn(C2CN(Cc3csc(C4CCCC4)n3)C2)c1. The van der Waals surface area contributed by atoms with E-state index >= 15 is 0 Å². The van der Waals surface area contributed by atoms with Crippen LogP contribution in [0, 0.1) is 0 Å². The van der Waals surface area contributed by atoms with Crippen LogP contribution in [0.3, 0.4) is 0 Å². The Morgan fingerprint density at radius 3 is 2.81 bits per heavy atom. The molecule has 2 aliphatic heterocycles. The zero-order valence-electron chi connectivity index (χ0n) is 15.0. The Morgan fingerprint density at radius 1 is 1.19 bits per heavy atom. The molecule has 0 unspecified atom stereocenters. The summed E-state index contributed by atoms with van der Waals surface area (Å²) in [6.45, 7) is 3.78. The maximum atomic E-state index is 11.9. The Bertz CT molecular complexity index is 787. The summed E-state index contributed by atoms with van der Waals surface area (Å²) >= 11 is 1.85. The summed E-state index contributed by atoms with van der Waals surface area (Å²) in [7, 11) is 0. The van der Waals surface area contributed by atoms with E-state index in [0.29, 0.717) is 18.4 Å². The molecule has 0 spiro atoms. The molecule has 3 fully saturated rings. The largest absolute Gasteiger partial charge is 0.309 e. The fraction of sp³-hybridized carbons (Fsp3) is 0.632. The molecule has 1 aliphatic carbocycles. The first-order chi connectivity index (χ1) is 12.8. The Morgan fingerprint density at radius 2 is 2.04 bits per heavy atom. The Balaban J connectivity index is 1.15. The van der Waals surface area contributed by atoms with E-state index in [1.54, 1.807) is 0 Å². The number of hydrogen-bond acceptors (Lipinski definition) is 5. The molecule has 0 atom stereocenters. The van der Waals surface area contributed by atoms with Crippen molar-refractivity contribution in [2.75, 3.05) is 24.5 Å². The molecular weight excluding hydrogens is 346 g/mol. The van der Waals surface area contributed by atoms with Crippen LogP contribution in [0.1, 0.15) is 61.2 Å². The lowest BCUT2D eigenvalue weighted by Gasteiger charge is -2.38. The summed E-state index contributed by atoms with van der Waals surface area (Å²) in [4.78, 5) is 21.0. The van der Waals surface area contributed by atoms with Crippen molar-refractivity contribution in [1.82, 2.24) is 19.7 Å². The van der Waals surface area contributed by atoms with Crippen molar-refractivity contribution in [1.29, 1.82) is 0 Å². The number of likely N-dealkylation sites (tertiary alicyclic amines) is 1. The van der Waals surface area contributed by atoms with Gasteiger partial charge >= 0.3 is 0 Å². The van der Waals surface area contributed by atoms with E-state index in [1.807, 2.05) is 33.3 Å². The molecule has 2 saturated heterocycles. The van der Waals surface area contributed by atoms with E-state index in [9.17, 15) is 4.79 Å². The lowest BCUT2D eigenvalue weighted by molar-refractivity contribution is -0.117. The van der Waals surface area contributed by atoms with Gasteiger partial charge in [0.2, 0.25) is 5.91 Å². The number of anilines is 1. The normalized spacial score (nSPS) is 22.5. The lowest BCUT2D eigenvalue weighted by atomic mass is 10.1. The first kappa shape index (κ1) is 16.4. The molecule has 2 aromatic rings. The molecule has 1 saturated carbocycles. The van der Waals surface area contributed by atoms with E-state index in [-0.39, 0.29) is 5.91 Å². The summed E-state index contributed by atoms with van der Waals surface area (Å²) in [6.07, 6.45) is 10.9. The van der Waals surface area contributed by atoms with Crippen LogP contribution in [0.5, 0.6) is 0 Å². The Kier molecular flexibility index (Phi) is 4.29. The van der Waals surface area contributed by atoms with Crippen LogP contribution in [0.15, 0.2) is 17.8 Å². The van der Waals surface area contributed by atoms with E-state index in [4.69, 9.17) is 4.98 Å². The zero-order chi connectivity index (χ0) is 17.5. The second-order valence-electron chi connectivity index (χ2n) is 7.83. The van der Waals surface area contributed by atoms with Gasteiger partial charge in [0.15, 0.2) is 0 Å². The topological polar surface area (TPSA) is 54.3 Å². The van der Waals surface area contributed by atoms with Crippen molar-refractivity contribution in [2.24, 2.45) is 0 Å². The van der Waals surface area contributed by atoms with Crippen LogP contribution >= 0.6 is 11.3 Å². The van der Waals surface area contributed by atoms with Crippen LogP contribution < -0.4 is 4.90 Å². The van der Waals surface area contributed by atoms with E-state index in [2.05, 4.69) is 15.4 Å². The maximum absolute atomic E-state index is 11.9. The zero-order valence-corrected chi connectivity index (χ0v) is 15.8. The smallest absolute Gasteiger partial charge is 0.227 e. The predicted octanol–water partition coefficient (Wildman–Crippen LogP) is 3.18. The van der Waals surface area contributed by atoms with Gasteiger partial charge in [0.05, 0.1) is 28.6 Å². The minimum Gasteiger partial charge on any atom is -0.309 e. The second kappa shape index (κ2) is 6.78. The van der Waals surface area contributed by atoms with Crippen molar-refractivity contribution < 1.29 is 4.79 Å². The van der Waals surface area contributed by atoms with Crippen LogP contribution in [0.2, 0.25) is 0 Å². The number of nitrogens with zero attached hydrogens (tertiary/aromatic N) is 5. The van der Waals surface area contributed by atoms with Crippen LogP contribution in [-0.4, -0.2) is 45.2 Å². The van der Waals surface area contributed by atoms with Gasteiger partial charge in [-0.3, -0.25) is 14.4 Å². The van der Waals surface area contributed by atoms with Gasteiger partial charge in [-0.15, -0.1) is 11.3 Å². The summed E-state index contributed by atoms with van der Waals surface area (Å²) in [5.74, 6) is 0.940. The predicted molar refractivity (Wildman–Crippen MR) is 101 cm³/mol. The fourth-order valence-electron chi connectivity index (χ4n) is 4.41. The molecule has 0 radical (unpaired) electrons. The lowest BCUT2D eigenvalue weighted by Crippen LogP contribution is -2.47. The average molecular weight is 372 g/mol. The highest BCUT2D eigenvalue weighted by molar-refractivity contribution is 7.09. The molecule has 6 nitrogen and oxygen atoms in total. The second-order valence-corrected chi connectivity index (χ2v) is 8.72. The minimum absolute atomic E-state index is 0.224. The van der Waals surface area contributed by atoms with Crippen molar-refractivity contribution in [3.8, 4) is 0 Å². The molecule has 7 heteroatoms. The van der Waals surface area contributed by atoms with Gasteiger partial charge in [0, 0.05) is 50.1 Å². The quantitative estimate of drug-likeness (QED) is 0.810. The number of aromatic nitrogens is 3. The first-order valence-corrected chi connectivity index (χ1v) is 10.7. The number of carbonyl (C=O) groups excluding carboxylic acids is 1. The third-order valence-corrected chi connectivity index (χ3v) is 7.00. The van der Waals surface area contributed by atoms with E-state index in [1.165, 1.54) is 36.4 Å². The number of rotatable bonds is 5. The standard InChI is InChI=1S/C19H25N5OS/c25-18-6-3-7-23(18)16-8-20-24(12-16)17-10-22(11-17)9-15-13-26-19(21-15)14-4-1-2-5-14/h8,12-14,17H,1-7,9-11H2. The van der Waals surface area contributed by atoms with Crippen molar-refractivity contribution in [3.05, 3.63) is 28.5 Å². The summed E-state index contributed by atoms with van der Waals surface area (Å²) in [5, 5.41) is 8.09. The minimum atomic E-state index is 0.224. The first-order valence-electron chi connectivity index (χ1n) is 9.77. The van der Waals surface area contributed by atoms with Crippen molar-refractivity contribution in [3.63, 3.8) is 0 Å². The molecule has 4 heterocycles. The van der Waals surface area contributed by atoms with Gasteiger partial charge in [-0.25, -0.2) is 4.98 Å². The Hall–Kier alpha value is -1.73. The number of hydrogen-bond donors (Lipinski definition) is 0. The van der Waals surface area contributed by atoms with Crippen LogP contribution in [0.4, 0.5) is 5.69 Å². The highest BCUT2D eigenvalue weighted by atomic mass is 32.1. The van der Waals surface area contributed by atoms with Crippen molar-refractivity contribution in [2.45, 2.75) is 57.0 Å². The van der Waals surface area contributed by atoms with Crippen LogP contribution in [0.25, 0.3) is 0 Å². The van der Waals surface area contributed by atoms with Gasteiger partial charge in [-0.1, -0.05) is 12.8 Å². The molecular formula is C19H25N5OS. The monoisotopic (exact) mass is 371 g/mol. The molecule has 3 aliphatic rings. The van der Waals surface area contributed by atoms with Crippen molar-refractivity contribution >= 4 is 22.9 Å². The van der Waals surface area contributed by atoms with Gasteiger partial charge in [-0.2, -0.15) is 5.10 Å². The third-order valence-electron chi connectivity index (χ3n) is 5.94. The highest BCUT2D eigenvalue weighted by Gasteiger charge is 2.31. The molecule has 0 aromatic carbocycles. The molecule has 138 valence electrons. The molecule has 1 amide bonds. The van der Waals surface area contributed by atoms with E-state index in [0.717, 1.165) is 38.3 Å². The number of thiazole rings is 1. The average Bonchev–Trinajstić information content (AvgIpc) is 3.36. The van der Waals surface area contributed by atoms with E-state index < -0.39 is 0 Å². The van der Waals surface area contributed by atoms with Gasteiger partial charge in [-0.05, 0) is 19.3 Å². The van der Waals surface area contributed by atoms with Crippen LogP contribution in [-0.2, 0) is 11.3 Å². The molecule has 26 heavy (non-hydrogen) atoms. The maximum Gasteiger partial charge on any atom is 0.227 e. The number of carbonyl (C=O) groups is 1. The third kappa shape index (κ3) is 3.07. The highest BCUT2D eigenvalue weighted by Crippen LogP contribution is 2.36. The molecule has 5 rings (SSSR count). The van der Waals surface area contributed by atoms with Gasteiger partial charge in [0.1, 0.15) is 0 Å².